The van der Waals surface area contributed by atoms with E-state index in [0.29, 0.717) is 0 Å². The molecular formula is C17H29NO2S. The predicted octanol–water partition coefficient (Wildman–Crippen LogP) is 4.81. The number of carbonyl (C=O) groups excluding carboxylic acids is 1. The largest absolute Gasteiger partial charge is 0.444 e. The van der Waals surface area contributed by atoms with Crippen LogP contribution in [0.2, 0.25) is 0 Å². The van der Waals surface area contributed by atoms with Gasteiger partial charge in [-0.3, -0.25) is 0 Å². The van der Waals surface area contributed by atoms with Crippen molar-refractivity contribution in [1.29, 1.82) is 0 Å². The fourth-order valence-corrected chi connectivity index (χ4v) is 3.63. The van der Waals surface area contributed by atoms with Crippen LogP contribution in [-0.2, 0) is 17.6 Å². The third-order valence-corrected chi connectivity index (χ3v) is 4.74. The summed E-state index contributed by atoms with van der Waals surface area (Å²) < 4.78 is 5.44. The van der Waals surface area contributed by atoms with Crippen LogP contribution in [0.5, 0.6) is 0 Å². The number of nitrogens with zero attached hydrogens (tertiary/aromatic N) is 1. The van der Waals surface area contributed by atoms with Gasteiger partial charge < -0.3 is 9.64 Å². The van der Waals surface area contributed by atoms with E-state index in [1.165, 1.54) is 16.0 Å². The van der Waals surface area contributed by atoms with E-state index in [4.69, 9.17) is 4.74 Å². The molecule has 1 aromatic rings. The van der Waals surface area contributed by atoms with Gasteiger partial charge in [-0.25, -0.2) is 4.79 Å². The van der Waals surface area contributed by atoms with E-state index in [2.05, 4.69) is 12.3 Å². The molecular weight excluding hydrogens is 282 g/mol. The van der Waals surface area contributed by atoms with Gasteiger partial charge in [0.15, 0.2) is 0 Å². The van der Waals surface area contributed by atoms with E-state index in [-0.39, 0.29) is 12.1 Å². The summed E-state index contributed by atoms with van der Waals surface area (Å²) in [6, 6.07) is 0.264. The molecule has 0 spiro atoms. The van der Waals surface area contributed by atoms with Crippen LogP contribution >= 0.6 is 11.3 Å². The van der Waals surface area contributed by atoms with Crippen LogP contribution in [0.1, 0.15) is 57.0 Å². The van der Waals surface area contributed by atoms with Crippen molar-refractivity contribution in [2.45, 2.75) is 72.4 Å². The SMILES string of the molecule is CC.Cc1csc2c1CCC(N(C)C(=O)OC(C)(C)C)C2. The van der Waals surface area contributed by atoms with Crippen molar-refractivity contribution in [2.24, 2.45) is 0 Å². The number of ether oxygens (including phenoxy) is 1. The molecule has 1 atom stereocenters. The summed E-state index contributed by atoms with van der Waals surface area (Å²) in [5.74, 6) is 0. The minimum atomic E-state index is -0.426. The number of amides is 1. The Bertz CT molecular complexity index is 474. The Hall–Kier alpha value is -1.03. The lowest BCUT2D eigenvalue weighted by Gasteiger charge is -2.33. The second kappa shape index (κ2) is 7.30. The van der Waals surface area contributed by atoms with Gasteiger partial charge in [0.2, 0.25) is 0 Å². The number of likely N-dealkylation sites (N-methyl/N-ethyl adjacent to an activating group) is 1. The molecule has 0 N–H and O–H groups in total. The molecule has 0 radical (unpaired) electrons. The number of rotatable bonds is 1. The highest BCUT2D eigenvalue weighted by Gasteiger charge is 2.29. The van der Waals surface area contributed by atoms with Crippen molar-refractivity contribution >= 4 is 17.4 Å². The first-order valence-electron chi connectivity index (χ1n) is 7.79. The molecule has 2 rings (SSSR count). The highest BCUT2D eigenvalue weighted by atomic mass is 32.1. The Morgan fingerprint density at radius 1 is 1.38 bits per heavy atom. The zero-order chi connectivity index (χ0) is 16.2. The maximum absolute atomic E-state index is 12.1. The van der Waals surface area contributed by atoms with Gasteiger partial charge in [0.25, 0.3) is 0 Å². The van der Waals surface area contributed by atoms with Gasteiger partial charge in [0, 0.05) is 24.4 Å². The van der Waals surface area contributed by atoms with Gasteiger partial charge in [-0.05, 0) is 57.0 Å². The molecule has 1 aromatic heterocycles. The summed E-state index contributed by atoms with van der Waals surface area (Å²) >= 11 is 1.82. The molecule has 4 heteroatoms. The molecule has 1 aliphatic rings. The standard InChI is InChI=1S/C15H23NO2S.C2H6/c1-10-9-19-13-8-11(6-7-12(10)13)16(5)14(17)18-15(2,3)4;1-2/h9,11H,6-8H2,1-5H3;1-2H3. The number of fused-ring (bicyclic) bond motifs is 1. The number of aryl methyl sites for hydroxylation is 1. The lowest BCUT2D eigenvalue weighted by molar-refractivity contribution is 0.0211. The van der Waals surface area contributed by atoms with Gasteiger partial charge in [0.05, 0.1) is 0 Å². The van der Waals surface area contributed by atoms with Gasteiger partial charge in [-0.15, -0.1) is 11.3 Å². The van der Waals surface area contributed by atoms with Crippen molar-refractivity contribution in [3.63, 3.8) is 0 Å². The summed E-state index contributed by atoms with van der Waals surface area (Å²) in [7, 11) is 1.85. The summed E-state index contributed by atoms with van der Waals surface area (Å²) in [6.45, 7) is 11.9. The smallest absolute Gasteiger partial charge is 0.410 e. The van der Waals surface area contributed by atoms with Crippen molar-refractivity contribution in [3.8, 4) is 0 Å². The topological polar surface area (TPSA) is 29.5 Å². The molecule has 3 nitrogen and oxygen atoms in total. The van der Waals surface area contributed by atoms with Gasteiger partial charge in [0.1, 0.15) is 5.60 Å². The van der Waals surface area contributed by atoms with E-state index in [0.717, 1.165) is 19.3 Å². The fourth-order valence-electron chi connectivity index (χ4n) is 2.47. The van der Waals surface area contributed by atoms with Crippen LogP contribution in [0.4, 0.5) is 4.79 Å². The highest BCUT2D eigenvalue weighted by Crippen LogP contribution is 2.31. The Morgan fingerprint density at radius 2 is 2.00 bits per heavy atom. The van der Waals surface area contributed by atoms with Crippen molar-refractivity contribution in [3.05, 3.63) is 21.4 Å². The number of thiophene rings is 1. The second-order valence-corrected chi connectivity index (χ2v) is 7.27. The van der Waals surface area contributed by atoms with E-state index in [9.17, 15) is 4.79 Å². The summed E-state index contributed by atoms with van der Waals surface area (Å²) in [5.41, 5.74) is 2.47. The van der Waals surface area contributed by atoms with Crippen LogP contribution in [0.3, 0.4) is 0 Å². The van der Waals surface area contributed by atoms with Crippen LogP contribution in [0.25, 0.3) is 0 Å². The summed E-state index contributed by atoms with van der Waals surface area (Å²) in [5, 5.41) is 2.22. The molecule has 0 bridgehead atoms. The quantitative estimate of drug-likeness (QED) is 0.745. The Balaban J connectivity index is 0.00000106. The number of hydrogen-bond acceptors (Lipinski definition) is 3. The molecule has 0 aliphatic heterocycles. The van der Waals surface area contributed by atoms with Crippen LogP contribution in [-0.4, -0.2) is 29.7 Å². The monoisotopic (exact) mass is 311 g/mol. The number of hydrogen-bond donors (Lipinski definition) is 0. The third kappa shape index (κ3) is 4.73. The molecule has 1 aliphatic carbocycles. The highest BCUT2D eigenvalue weighted by molar-refractivity contribution is 7.10. The van der Waals surface area contributed by atoms with Gasteiger partial charge >= 0.3 is 6.09 Å². The lowest BCUT2D eigenvalue weighted by Crippen LogP contribution is -2.43. The Kier molecular flexibility index (Phi) is 6.26. The Labute approximate surface area is 133 Å². The van der Waals surface area contributed by atoms with Gasteiger partial charge in [-0.1, -0.05) is 13.8 Å². The molecule has 21 heavy (non-hydrogen) atoms. The Morgan fingerprint density at radius 3 is 2.57 bits per heavy atom. The minimum Gasteiger partial charge on any atom is -0.444 e. The fraction of sp³-hybridized carbons (Fsp3) is 0.706. The molecule has 0 aromatic carbocycles. The lowest BCUT2D eigenvalue weighted by atomic mass is 9.92. The summed E-state index contributed by atoms with van der Waals surface area (Å²) in [6.07, 6.45) is 2.85. The molecule has 0 fully saturated rings. The maximum atomic E-state index is 12.1. The van der Waals surface area contributed by atoms with E-state index in [1.807, 2.05) is 53.0 Å². The molecule has 1 unspecified atom stereocenters. The third-order valence-electron chi connectivity index (χ3n) is 3.57. The zero-order valence-electron chi connectivity index (χ0n) is 14.4. The van der Waals surface area contributed by atoms with Gasteiger partial charge in [-0.2, -0.15) is 0 Å². The first kappa shape index (κ1) is 18.0. The van der Waals surface area contributed by atoms with E-state index < -0.39 is 5.60 Å². The number of carbonyl (C=O) groups is 1. The molecule has 1 heterocycles. The van der Waals surface area contributed by atoms with E-state index in [1.54, 1.807) is 4.90 Å². The molecule has 0 saturated carbocycles. The summed E-state index contributed by atoms with van der Waals surface area (Å²) in [4.78, 5) is 15.3. The van der Waals surface area contributed by atoms with Crippen LogP contribution in [0.15, 0.2) is 5.38 Å². The normalized spacial score (nSPS) is 17.4. The first-order valence-corrected chi connectivity index (χ1v) is 8.67. The van der Waals surface area contributed by atoms with Crippen LogP contribution in [0, 0.1) is 6.92 Å². The molecule has 120 valence electrons. The van der Waals surface area contributed by atoms with E-state index >= 15 is 0 Å². The van der Waals surface area contributed by atoms with Crippen LogP contribution < -0.4 is 0 Å². The zero-order valence-corrected chi connectivity index (χ0v) is 15.3. The second-order valence-electron chi connectivity index (χ2n) is 6.31. The molecule has 0 saturated heterocycles. The first-order chi connectivity index (χ1) is 9.78. The van der Waals surface area contributed by atoms with Crippen molar-refractivity contribution in [1.82, 2.24) is 4.90 Å². The maximum Gasteiger partial charge on any atom is 0.410 e. The predicted molar refractivity (Wildman–Crippen MR) is 90.2 cm³/mol. The van der Waals surface area contributed by atoms with Crippen molar-refractivity contribution in [2.75, 3.05) is 7.05 Å². The molecule has 1 amide bonds. The minimum absolute atomic E-state index is 0.214. The average molecular weight is 311 g/mol. The van der Waals surface area contributed by atoms with Crippen molar-refractivity contribution < 1.29 is 9.53 Å². The average Bonchev–Trinajstić information content (AvgIpc) is 2.79.